The predicted molar refractivity (Wildman–Crippen MR) is 175 cm³/mol. The summed E-state index contributed by atoms with van der Waals surface area (Å²) in [4.78, 5) is 32.1. The van der Waals surface area contributed by atoms with E-state index in [9.17, 15) is 9.90 Å². The Morgan fingerprint density at radius 2 is 1.84 bits per heavy atom. The highest BCUT2D eigenvalue weighted by molar-refractivity contribution is 5.77. The molecule has 2 fully saturated rings. The first-order chi connectivity index (χ1) is 21.3. The van der Waals surface area contributed by atoms with Crippen LogP contribution in [0.1, 0.15) is 45.2 Å². The minimum atomic E-state index is -1.14. The molecule has 11 heteroatoms. The summed E-state index contributed by atoms with van der Waals surface area (Å²) >= 11 is 0. The van der Waals surface area contributed by atoms with Crippen LogP contribution >= 0.6 is 0 Å². The van der Waals surface area contributed by atoms with E-state index in [-0.39, 0.29) is 12.1 Å². The van der Waals surface area contributed by atoms with E-state index in [0.717, 1.165) is 51.0 Å². The summed E-state index contributed by atoms with van der Waals surface area (Å²) in [5.41, 5.74) is 1.58. The van der Waals surface area contributed by atoms with Gasteiger partial charge in [-0.3, -0.25) is 9.69 Å². The monoisotopic (exact) mass is 597 g/mol. The molecule has 0 atom stereocenters. The number of nitrogens with one attached hydrogen (secondary N) is 2. The molecule has 3 N–H and O–H groups in total. The number of pyridine rings is 1. The van der Waals surface area contributed by atoms with E-state index in [2.05, 4.69) is 49.1 Å². The molecule has 0 spiro atoms. The van der Waals surface area contributed by atoms with E-state index in [1.54, 1.807) is 49.0 Å². The SMILES string of the molecule is C=CCn1c(=O)c2cnc(Nc3ccc(N4CCN(CCCNC5CCC5)CC4)cc3)nc2n1-c1cccc(C(C)(C)O)n1. The fourth-order valence-electron chi connectivity index (χ4n) is 5.83. The maximum atomic E-state index is 13.3. The summed E-state index contributed by atoms with van der Waals surface area (Å²) in [6.07, 6.45) is 8.48. The summed E-state index contributed by atoms with van der Waals surface area (Å²) in [6.45, 7) is 13.9. The van der Waals surface area contributed by atoms with E-state index < -0.39 is 5.60 Å². The average Bonchev–Trinajstić information content (AvgIpc) is 3.27. The van der Waals surface area contributed by atoms with Gasteiger partial charge in [-0.05, 0) is 82.6 Å². The van der Waals surface area contributed by atoms with E-state index in [1.807, 2.05) is 12.1 Å². The molecule has 44 heavy (non-hydrogen) atoms. The van der Waals surface area contributed by atoms with Crippen molar-refractivity contribution in [3.63, 3.8) is 0 Å². The van der Waals surface area contributed by atoms with Crippen molar-refractivity contribution in [3.05, 3.63) is 77.4 Å². The molecule has 3 aromatic heterocycles. The number of hydrogen-bond donors (Lipinski definition) is 3. The van der Waals surface area contributed by atoms with Gasteiger partial charge in [-0.1, -0.05) is 18.6 Å². The van der Waals surface area contributed by atoms with Crippen LogP contribution in [-0.4, -0.2) is 79.6 Å². The first-order valence-corrected chi connectivity index (χ1v) is 15.7. The molecule has 0 amide bonds. The highest BCUT2D eigenvalue weighted by Crippen LogP contribution is 2.24. The molecule has 1 aliphatic heterocycles. The van der Waals surface area contributed by atoms with Crippen molar-refractivity contribution in [1.82, 2.24) is 34.5 Å². The zero-order valence-electron chi connectivity index (χ0n) is 25.7. The number of aromatic nitrogens is 5. The van der Waals surface area contributed by atoms with Crippen molar-refractivity contribution >= 4 is 28.4 Å². The Kier molecular flexibility index (Phi) is 8.79. The summed E-state index contributed by atoms with van der Waals surface area (Å²) in [6, 6.07) is 14.4. The quantitative estimate of drug-likeness (QED) is 0.166. The maximum absolute atomic E-state index is 13.3. The number of benzene rings is 1. The predicted octanol–water partition coefficient (Wildman–Crippen LogP) is 3.79. The molecule has 0 radical (unpaired) electrons. The molecule has 1 aromatic carbocycles. The Labute approximate surface area is 258 Å². The van der Waals surface area contributed by atoms with E-state index in [1.165, 1.54) is 36.1 Å². The van der Waals surface area contributed by atoms with Gasteiger partial charge in [0.25, 0.3) is 5.56 Å². The Balaban J connectivity index is 1.14. The van der Waals surface area contributed by atoms with Gasteiger partial charge in [0.1, 0.15) is 11.0 Å². The Morgan fingerprint density at radius 1 is 1.07 bits per heavy atom. The van der Waals surface area contributed by atoms with Gasteiger partial charge < -0.3 is 20.6 Å². The number of piperazine rings is 1. The van der Waals surface area contributed by atoms with Gasteiger partial charge in [-0.2, -0.15) is 4.98 Å². The van der Waals surface area contributed by atoms with Crippen molar-refractivity contribution in [2.45, 2.75) is 57.7 Å². The topological polar surface area (TPSA) is 116 Å². The third-order valence-electron chi connectivity index (χ3n) is 8.61. The summed E-state index contributed by atoms with van der Waals surface area (Å²) < 4.78 is 3.18. The summed E-state index contributed by atoms with van der Waals surface area (Å²) in [7, 11) is 0. The molecular formula is C33H43N9O2. The highest BCUT2D eigenvalue weighted by Gasteiger charge is 2.22. The van der Waals surface area contributed by atoms with Gasteiger partial charge >= 0.3 is 0 Å². The largest absolute Gasteiger partial charge is 0.384 e. The van der Waals surface area contributed by atoms with Crippen LogP contribution < -0.4 is 21.1 Å². The lowest BCUT2D eigenvalue weighted by Crippen LogP contribution is -2.47. The zero-order chi connectivity index (χ0) is 30.7. The molecule has 2 aliphatic rings. The Morgan fingerprint density at radius 3 is 2.52 bits per heavy atom. The smallest absolute Gasteiger partial charge is 0.278 e. The van der Waals surface area contributed by atoms with Gasteiger partial charge in [0.2, 0.25) is 5.95 Å². The molecule has 4 heterocycles. The number of rotatable bonds is 12. The van der Waals surface area contributed by atoms with Crippen molar-refractivity contribution in [1.29, 1.82) is 0 Å². The second-order valence-electron chi connectivity index (χ2n) is 12.3. The minimum absolute atomic E-state index is 0.239. The van der Waals surface area contributed by atoms with Crippen molar-refractivity contribution in [2.24, 2.45) is 0 Å². The van der Waals surface area contributed by atoms with Gasteiger partial charge in [0.15, 0.2) is 11.5 Å². The van der Waals surface area contributed by atoms with Gasteiger partial charge in [0.05, 0.1) is 12.2 Å². The molecule has 1 aliphatic carbocycles. The lowest BCUT2D eigenvalue weighted by atomic mass is 9.93. The van der Waals surface area contributed by atoms with Crippen LogP contribution in [0.2, 0.25) is 0 Å². The third kappa shape index (κ3) is 6.54. The number of hydrogen-bond acceptors (Lipinski definition) is 9. The molecular weight excluding hydrogens is 554 g/mol. The first-order valence-electron chi connectivity index (χ1n) is 15.7. The van der Waals surface area contributed by atoms with Crippen LogP contribution in [0.15, 0.2) is 66.1 Å². The molecule has 11 nitrogen and oxygen atoms in total. The minimum Gasteiger partial charge on any atom is -0.384 e. The molecule has 6 rings (SSSR count). The standard InChI is InChI=1S/C33H43N9O2/c1-4-17-41-31(43)27-23-35-32(38-30(27)42(41)29-11-6-10-28(37-29)33(2,3)44)36-25-12-14-26(15-13-25)40-21-19-39(20-22-40)18-7-16-34-24-8-5-9-24/h4,6,10-15,23-24,34,44H,1,5,7-9,16-22H2,2-3H3,(H,35,36,38). The number of anilines is 3. The summed E-state index contributed by atoms with van der Waals surface area (Å²) in [5.74, 6) is 0.840. The number of fused-ring (bicyclic) bond motifs is 1. The van der Waals surface area contributed by atoms with Crippen LogP contribution in [0.5, 0.6) is 0 Å². The lowest BCUT2D eigenvalue weighted by Gasteiger charge is -2.36. The molecule has 0 bridgehead atoms. The van der Waals surface area contributed by atoms with E-state index >= 15 is 0 Å². The average molecular weight is 598 g/mol. The molecule has 232 valence electrons. The van der Waals surface area contributed by atoms with Crippen molar-refractivity contribution in [3.8, 4) is 5.82 Å². The molecule has 0 unspecified atom stereocenters. The van der Waals surface area contributed by atoms with Crippen LogP contribution in [0, 0.1) is 0 Å². The number of allylic oxidation sites excluding steroid dienone is 1. The van der Waals surface area contributed by atoms with Crippen molar-refractivity contribution in [2.75, 3.05) is 49.5 Å². The van der Waals surface area contributed by atoms with Gasteiger partial charge in [0, 0.05) is 49.8 Å². The Bertz CT molecular complexity index is 1640. The van der Waals surface area contributed by atoms with Crippen LogP contribution in [0.4, 0.5) is 17.3 Å². The second kappa shape index (κ2) is 12.9. The molecule has 1 saturated carbocycles. The maximum Gasteiger partial charge on any atom is 0.278 e. The van der Waals surface area contributed by atoms with Gasteiger partial charge in [-0.25, -0.2) is 19.3 Å². The number of nitrogens with zero attached hydrogens (tertiary/aromatic N) is 7. The van der Waals surface area contributed by atoms with Crippen molar-refractivity contribution < 1.29 is 5.11 Å². The van der Waals surface area contributed by atoms with Crippen LogP contribution in [-0.2, 0) is 12.1 Å². The first kappa shape index (κ1) is 30.0. The van der Waals surface area contributed by atoms with E-state index in [0.29, 0.717) is 28.5 Å². The fraction of sp³-hybridized carbons (Fsp3) is 0.455. The Hall–Kier alpha value is -4.06. The highest BCUT2D eigenvalue weighted by atomic mass is 16.3. The molecule has 1 saturated heterocycles. The fourth-order valence-corrected chi connectivity index (χ4v) is 5.83. The van der Waals surface area contributed by atoms with Crippen LogP contribution in [0.25, 0.3) is 16.9 Å². The second-order valence-corrected chi connectivity index (χ2v) is 12.3. The zero-order valence-corrected chi connectivity index (χ0v) is 25.7. The third-order valence-corrected chi connectivity index (χ3v) is 8.61. The summed E-state index contributed by atoms with van der Waals surface area (Å²) in [5, 5.41) is 17.9. The molecule has 4 aromatic rings. The number of aliphatic hydroxyl groups is 1. The van der Waals surface area contributed by atoms with Crippen LogP contribution in [0.3, 0.4) is 0 Å². The normalized spacial score (nSPS) is 16.3. The van der Waals surface area contributed by atoms with Gasteiger partial charge in [-0.15, -0.1) is 6.58 Å². The van der Waals surface area contributed by atoms with E-state index in [4.69, 9.17) is 4.98 Å². The lowest BCUT2D eigenvalue weighted by molar-refractivity contribution is 0.0738.